The van der Waals surface area contributed by atoms with Crippen LogP contribution in [0, 0.1) is 0 Å². The topological polar surface area (TPSA) is 122 Å². The minimum absolute atomic E-state index is 0.0972. The monoisotopic (exact) mass is 375 g/mol. The van der Waals surface area contributed by atoms with E-state index in [9.17, 15) is 21.6 Å². The van der Waals surface area contributed by atoms with E-state index < -0.39 is 19.7 Å². The first-order chi connectivity index (χ1) is 10.6. The lowest BCUT2D eigenvalue weighted by Crippen LogP contribution is -2.19. The Hall–Kier alpha value is -1.72. The van der Waals surface area contributed by atoms with E-state index in [1.54, 1.807) is 0 Å². The molecule has 0 saturated carbocycles. The highest BCUT2D eigenvalue weighted by Crippen LogP contribution is 2.20. The van der Waals surface area contributed by atoms with Crippen molar-refractivity contribution in [1.82, 2.24) is 5.32 Å². The SMILES string of the molecule is CS(=O)(=O)c1ccc(C=NN=C2NC(=O)CS2)c(S(C)(=O)=O)c1. The number of nitrogens with one attached hydrogen (secondary N) is 1. The molecule has 1 aromatic carbocycles. The second-order valence-corrected chi connectivity index (χ2v) is 9.69. The molecule has 1 saturated heterocycles. The van der Waals surface area contributed by atoms with Gasteiger partial charge in [-0.2, -0.15) is 5.10 Å². The second-order valence-electron chi connectivity index (χ2n) is 4.73. The zero-order valence-electron chi connectivity index (χ0n) is 12.2. The number of sulfone groups is 2. The Labute approximate surface area is 137 Å². The zero-order valence-corrected chi connectivity index (χ0v) is 14.6. The Morgan fingerprint density at radius 1 is 1.17 bits per heavy atom. The Balaban J connectivity index is 2.41. The number of carbonyl (C=O) groups is 1. The summed E-state index contributed by atoms with van der Waals surface area (Å²) in [4.78, 5) is 10.7. The maximum Gasteiger partial charge on any atom is 0.236 e. The molecule has 1 fully saturated rings. The average molecular weight is 375 g/mol. The van der Waals surface area contributed by atoms with Crippen molar-refractivity contribution in [2.75, 3.05) is 18.3 Å². The van der Waals surface area contributed by atoms with Gasteiger partial charge in [0.2, 0.25) is 5.91 Å². The highest BCUT2D eigenvalue weighted by Gasteiger charge is 2.18. The smallest absolute Gasteiger partial charge is 0.236 e. The molecule has 1 aromatic rings. The van der Waals surface area contributed by atoms with E-state index in [0.29, 0.717) is 5.17 Å². The molecule has 0 aromatic heterocycles. The number of nitrogens with zero attached hydrogens (tertiary/aromatic N) is 2. The van der Waals surface area contributed by atoms with Crippen LogP contribution in [-0.4, -0.2) is 52.4 Å². The van der Waals surface area contributed by atoms with Crippen LogP contribution in [0.5, 0.6) is 0 Å². The summed E-state index contributed by atoms with van der Waals surface area (Å²) in [7, 11) is -7.18. The summed E-state index contributed by atoms with van der Waals surface area (Å²) in [6.07, 6.45) is 3.17. The highest BCUT2D eigenvalue weighted by atomic mass is 32.2. The minimum atomic E-state index is -3.65. The normalized spacial score (nSPS) is 17.8. The van der Waals surface area contributed by atoms with Crippen LogP contribution in [0.4, 0.5) is 0 Å². The van der Waals surface area contributed by atoms with Crippen molar-refractivity contribution in [2.45, 2.75) is 9.79 Å². The molecule has 1 heterocycles. The Morgan fingerprint density at radius 2 is 1.87 bits per heavy atom. The molecule has 0 aliphatic carbocycles. The van der Waals surface area contributed by atoms with E-state index in [1.165, 1.54) is 30.1 Å². The van der Waals surface area contributed by atoms with E-state index in [0.717, 1.165) is 18.6 Å². The molecule has 2 rings (SSSR count). The number of thioether (sulfide) groups is 1. The Bertz CT molecular complexity index is 917. The maximum atomic E-state index is 11.8. The van der Waals surface area contributed by atoms with Crippen molar-refractivity contribution in [2.24, 2.45) is 10.2 Å². The summed E-state index contributed by atoms with van der Waals surface area (Å²) in [6, 6.07) is 3.73. The molecule has 1 aliphatic rings. The molecule has 1 N–H and O–H groups in total. The predicted molar refractivity (Wildman–Crippen MR) is 88.3 cm³/mol. The third-order valence-electron chi connectivity index (χ3n) is 2.74. The third kappa shape index (κ3) is 4.62. The fourth-order valence-electron chi connectivity index (χ4n) is 1.70. The number of amidine groups is 1. The van der Waals surface area contributed by atoms with Gasteiger partial charge in [-0.05, 0) is 12.1 Å². The van der Waals surface area contributed by atoms with Crippen LogP contribution in [0.3, 0.4) is 0 Å². The van der Waals surface area contributed by atoms with Gasteiger partial charge >= 0.3 is 0 Å². The van der Waals surface area contributed by atoms with Crippen molar-refractivity contribution in [3.63, 3.8) is 0 Å². The molecule has 0 bridgehead atoms. The number of carbonyl (C=O) groups excluding carboxylic acids is 1. The van der Waals surface area contributed by atoms with E-state index in [4.69, 9.17) is 0 Å². The molecule has 0 radical (unpaired) electrons. The van der Waals surface area contributed by atoms with Crippen LogP contribution in [0.2, 0.25) is 0 Å². The minimum Gasteiger partial charge on any atom is -0.303 e. The van der Waals surface area contributed by atoms with Gasteiger partial charge in [-0.15, -0.1) is 5.10 Å². The molecule has 1 amide bonds. The molecule has 1 aliphatic heterocycles. The van der Waals surface area contributed by atoms with E-state index in [-0.39, 0.29) is 27.0 Å². The predicted octanol–water partition coefficient (Wildman–Crippen LogP) is 0.0465. The number of hydrogen-bond donors (Lipinski definition) is 1. The van der Waals surface area contributed by atoms with Crippen LogP contribution in [0.15, 0.2) is 38.2 Å². The number of benzene rings is 1. The third-order valence-corrected chi connectivity index (χ3v) is 5.87. The molecular formula is C12H13N3O5S3. The Kier molecular flexibility index (Phi) is 4.92. The number of amides is 1. The van der Waals surface area contributed by atoms with Gasteiger partial charge < -0.3 is 5.32 Å². The summed E-state index contributed by atoms with van der Waals surface area (Å²) in [6.45, 7) is 0. The lowest BCUT2D eigenvalue weighted by molar-refractivity contribution is -0.116. The first kappa shape index (κ1) is 17.6. The fourth-order valence-corrected chi connectivity index (χ4v) is 3.94. The van der Waals surface area contributed by atoms with Gasteiger partial charge in [0.1, 0.15) is 0 Å². The van der Waals surface area contributed by atoms with Crippen molar-refractivity contribution in [1.29, 1.82) is 0 Å². The van der Waals surface area contributed by atoms with Crippen molar-refractivity contribution in [3.8, 4) is 0 Å². The first-order valence-corrected chi connectivity index (χ1v) is 10.9. The first-order valence-electron chi connectivity index (χ1n) is 6.15. The van der Waals surface area contributed by atoms with Gasteiger partial charge in [-0.25, -0.2) is 16.8 Å². The van der Waals surface area contributed by atoms with E-state index in [2.05, 4.69) is 15.5 Å². The standard InChI is InChI=1S/C12H13N3O5S3/c1-22(17,18)9-4-3-8(10(5-9)23(2,19)20)6-13-15-12-14-11(16)7-21-12/h3-6H,7H2,1-2H3,(H,14,15,16). The molecule has 0 atom stereocenters. The van der Waals surface area contributed by atoms with Crippen LogP contribution in [0.25, 0.3) is 0 Å². The molecule has 23 heavy (non-hydrogen) atoms. The molecule has 11 heteroatoms. The molecular weight excluding hydrogens is 362 g/mol. The maximum absolute atomic E-state index is 11.8. The molecule has 8 nitrogen and oxygen atoms in total. The molecule has 0 spiro atoms. The highest BCUT2D eigenvalue weighted by molar-refractivity contribution is 8.15. The van der Waals surface area contributed by atoms with Crippen LogP contribution < -0.4 is 5.32 Å². The lowest BCUT2D eigenvalue weighted by Gasteiger charge is -2.06. The van der Waals surface area contributed by atoms with Gasteiger partial charge in [0.25, 0.3) is 0 Å². The summed E-state index contributed by atoms with van der Waals surface area (Å²) >= 11 is 1.18. The van der Waals surface area contributed by atoms with Crippen molar-refractivity contribution < 1.29 is 21.6 Å². The van der Waals surface area contributed by atoms with Crippen molar-refractivity contribution >= 4 is 48.7 Å². The van der Waals surface area contributed by atoms with E-state index >= 15 is 0 Å². The van der Waals surface area contributed by atoms with Crippen LogP contribution >= 0.6 is 11.8 Å². The zero-order chi connectivity index (χ0) is 17.3. The average Bonchev–Trinajstić information content (AvgIpc) is 2.82. The van der Waals surface area contributed by atoms with Crippen molar-refractivity contribution in [3.05, 3.63) is 23.8 Å². The van der Waals surface area contributed by atoms with E-state index in [1.807, 2.05) is 0 Å². The van der Waals surface area contributed by atoms with Gasteiger partial charge in [0.15, 0.2) is 24.8 Å². The summed E-state index contributed by atoms with van der Waals surface area (Å²) in [5, 5.41) is 10.3. The molecule has 124 valence electrons. The quantitative estimate of drug-likeness (QED) is 0.586. The van der Waals surface area contributed by atoms with Crippen LogP contribution in [0.1, 0.15) is 5.56 Å². The Morgan fingerprint density at radius 3 is 2.39 bits per heavy atom. The number of hydrogen-bond acceptors (Lipinski definition) is 8. The summed E-state index contributed by atoms with van der Waals surface area (Å²) < 4.78 is 46.8. The lowest BCUT2D eigenvalue weighted by atomic mass is 10.2. The second kappa shape index (κ2) is 6.42. The summed E-state index contributed by atoms with van der Waals surface area (Å²) in [5.41, 5.74) is 0.207. The van der Waals surface area contributed by atoms with Gasteiger partial charge in [-0.3, -0.25) is 4.79 Å². The summed E-state index contributed by atoms with van der Waals surface area (Å²) in [5.74, 6) is 0.0738. The van der Waals surface area contributed by atoms with Gasteiger partial charge in [0, 0.05) is 18.1 Å². The van der Waals surface area contributed by atoms with Gasteiger partial charge in [-0.1, -0.05) is 17.8 Å². The number of rotatable bonds is 4. The molecule has 0 unspecified atom stereocenters. The van der Waals surface area contributed by atoms with Crippen LogP contribution in [-0.2, 0) is 24.5 Å². The van der Waals surface area contributed by atoms with Gasteiger partial charge in [0.05, 0.1) is 21.8 Å². The largest absolute Gasteiger partial charge is 0.303 e. The fraction of sp³-hybridized carbons (Fsp3) is 0.250.